The maximum Gasteiger partial charge on any atom is 0.319 e. The van der Waals surface area contributed by atoms with Crippen LogP contribution in [0.3, 0.4) is 0 Å². The lowest BCUT2D eigenvalue weighted by Crippen LogP contribution is -2.44. The molecule has 2 rings (SSSR count). The van der Waals surface area contributed by atoms with Crippen molar-refractivity contribution in [2.75, 3.05) is 13.4 Å². The number of carbonyl (C=O) groups is 2. The molecule has 0 aliphatic carbocycles. The van der Waals surface area contributed by atoms with Crippen LogP contribution in [0.2, 0.25) is 5.02 Å². The van der Waals surface area contributed by atoms with Gasteiger partial charge in [0.05, 0.1) is 23.8 Å². The van der Waals surface area contributed by atoms with E-state index in [-0.39, 0.29) is 0 Å². The van der Waals surface area contributed by atoms with E-state index in [1.807, 2.05) is 0 Å². The van der Waals surface area contributed by atoms with Gasteiger partial charge in [0.1, 0.15) is 5.92 Å². The van der Waals surface area contributed by atoms with Crippen molar-refractivity contribution in [2.24, 2.45) is 5.92 Å². The maximum atomic E-state index is 12.3. The summed E-state index contributed by atoms with van der Waals surface area (Å²) in [4.78, 5) is 24.4. The van der Waals surface area contributed by atoms with Gasteiger partial charge in [0.25, 0.3) is 0 Å². The second kappa shape index (κ2) is 6.86. The molecule has 2 atom stereocenters. The van der Waals surface area contributed by atoms with Crippen molar-refractivity contribution in [1.82, 2.24) is 5.32 Å². The van der Waals surface area contributed by atoms with Gasteiger partial charge < -0.3 is 10.1 Å². The number of benzene rings is 1. The van der Waals surface area contributed by atoms with Crippen LogP contribution < -0.4 is 5.32 Å². The van der Waals surface area contributed by atoms with Crippen LogP contribution in [0.4, 0.5) is 0 Å². The Balaban J connectivity index is 2.69. The van der Waals surface area contributed by atoms with Gasteiger partial charge in [-0.15, -0.1) is 11.8 Å². The number of nitrogens with one attached hydrogen (secondary N) is 1. The Hall–Kier alpha value is -1.97. The Labute approximate surface area is 137 Å². The van der Waals surface area contributed by atoms with Gasteiger partial charge in [-0.05, 0) is 17.9 Å². The topological polar surface area (TPSA) is 79.2 Å². The number of amides is 1. The van der Waals surface area contributed by atoms with Crippen LogP contribution in [0.25, 0.3) is 0 Å². The minimum absolute atomic E-state index is 0.301. The number of halogens is 1. The van der Waals surface area contributed by atoms with Crippen LogP contribution in [0, 0.1) is 17.2 Å². The normalized spacial score (nSPS) is 21.1. The standard InChI is InChI=1S/C15H13ClN2O3S/c1-21-15(20)12-11(8-5-3-4-6-10(8)16)9(7-17)14(22-2)18-13(12)19/h3-6,11-12H,1-2H3,(H,18,19)/t11-,12-/m1/s1. The van der Waals surface area contributed by atoms with Gasteiger partial charge in [-0.25, -0.2) is 0 Å². The number of hydrogen-bond acceptors (Lipinski definition) is 5. The zero-order valence-electron chi connectivity index (χ0n) is 11.9. The summed E-state index contributed by atoms with van der Waals surface area (Å²) in [5.74, 6) is -3.10. The monoisotopic (exact) mass is 336 g/mol. The third-order valence-corrected chi connectivity index (χ3v) is 4.50. The first-order valence-corrected chi connectivity index (χ1v) is 7.96. The zero-order valence-corrected chi connectivity index (χ0v) is 13.5. The Morgan fingerprint density at radius 2 is 2.14 bits per heavy atom. The highest BCUT2D eigenvalue weighted by molar-refractivity contribution is 8.02. The minimum Gasteiger partial charge on any atom is -0.468 e. The number of thioether (sulfide) groups is 1. The van der Waals surface area contributed by atoms with E-state index in [2.05, 4.69) is 11.4 Å². The third kappa shape index (κ3) is 2.82. The number of esters is 1. The van der Waals surface area contributed by atoms with Crippen molar-refractivity contribution >= 4 is 35.2 Å². The molecule has 0 aromatic heterocycles. The van der Waals surface area contributed by atoms with Gasteiger partial charge in [-0.2, -0.15) is 5.26 Å². The molecule has 22 heavy (non-hydrogen) atoms. The van der Waals surface area contributed by atoms with Gasteiger partial charge in [0, 0.05) is 10.9 Å². The number of methoxy groups -OCH3 is 1. The van der Waals surface area contributed by atoms with Crippen molar-refractivity contribution in [2.45, 2.75) is 5.92 Å². The molecule has 1 amide bonds. The zero-order chi connectivity index (χ0) is 16.3. The number of hydrogen-bond donors (Lipinski definition) is 1. The summed E-state index contributed by atoms with van der Waals surface area (Å²) >= 11 is 7.45. The molecular formula is C15H13ClN2O3S. The van der Waals surface area contributed by atoms with Crippen molar-refractivity contribution in [1.29, 1.82) is 5.26 Å². The summed E-state index contributed by atoms with van der Waals surface area (Å²) in [5.41, 5.74) is 0.855. The highest BCUT2D eigenvalue weighted by Gasteiger charge is 2.44. The quantitative estimate of drug-likeness (QED) is 0.677. The SMILES string of the molecule is COC(=O)[C@H]1C(=O)NC(SC)=C(C#N)[C@H]1c1ccccc1Cl. The lowest BCUT2D eigenvalue weighted by atomic mass is 9.78. The van der Waals surface area contributed by atoms with Gasteiger partial charge in [0.2, 0.25) is 5.91 Å². The molecule has 0 saturated heterocycles. The molecule has 1 aliphatic rings. The van der Waals surface area contributed by atoms with E-state index in [9.17, 15) is 14.9 Å². The Bertz CT molecular complexity index is 696. The number of allylic oxidation sites excluding steroid dienone is 1. The smallest absolute Gasteiger partial charge is 0.319 e. The van der Waals surface area contributed by atoms with E-state index in [4.69, 9.17) is 16.3 Å². The average Bonchev–Trinajstić information content (AvgIpc) is 2.53. The number of nitrogens with zero attached hydrogens (tertiary/aromatic N) is 1. The van der Waals surface area contributed by atoms with E-state index in [1.54, 1.807) is 30.5 Å². The van der Waals surface area contributed by atoms with E-state index in [0.29, 0.717) is 21.2 Å². The van der Waals surface area contributed by atoms with Crippen LogP contribution in [0.15, 0.2) is 34.9 Å². The Morgan fingerprint density at radius 3 is 2.68 bits per heavy atom. The molecule has 0 unspecified atom stereocenters. The molecule has 1 aliphatic heterocycles. The molecule has 1 aromatic rings. The molecule has 0 saturated carbocycles. The fourth-order valence-electron chi connectivity index (χ4n) is 2.43. The van der Waals surface area contributed by atoms with E-state index >= 15 is 0 Å². The molecule has 1 aromatic carbocycles. The Morgan fingerprint density at radius 1 is 1.45 bits per heavy atom. The first-order chi connectivity index (χ1) is 10.5. The van der Waals surface area contributed by atoms with Gasteiger partial charge >= 0.3 is 5.97 Å². The van der Waals surface area contributed by atoms with Crippen LogP contribution in [0.5, 0.6) is 0 Å². The van der Waals surface area contributed by atoms with E-state index < -0.39 is 23.7 Å². The van der Waals surface area contributed by atoms with E-state index in [0.717, 1.165) is 0 Å². The molecule has 114 valence electrons. The minimum atomic E-state index is -1.14. The molecule has 0 spiro atoms. The van der Waals surface area contributed by atoms with Gasteiger partial charge in [-0.3, -0.25) is 9.59 Å². The van der Waals surface area contributed by atoms with Gasteiger partial charge in [0.15, 0.2) is 0 Å². The fourth-order valence-corrected chi connectivity index (χ4v) is 3.28. The fraction of sp³-hybridized carbons (Fsp3) is 0.267. The maximum absolute atomic E-state index is 12.3. The number of carbonyl (C=O) groups excluding carboxylic acids is 2. The Kier molecular flexibility index (Phi) is 5.11. The predicted octanol–water partition coefficient (Wildman–Crippen LogP) is 2.44. The number of rotatable bonds is 3. The summed E-state index contributed by atoms with van der Waals surface area (Å²) in [7, 11) is 1.21. The molecule has 1 heterocycles. The van der Waals surface area contributed by atoms with E-state index in [1.165, 1.54) is 18.9 Å². The summed E-state index contributed by atoms with van der Waals surface area (Å²) in [6, 6.07) is 8.94. The van der Waals surface area contributed by atoms with Crippen molar-refractivity contribution in [3.05, 3.63) is 45.5 Å². The molecule has 0 fully saturated rings. The first-order valence-electron chi connectivity index (χ1n) is 6.36. The molecule has 1 N–H and O–H groups in total. The molecular weight excluding hydrogens is 324 g/mol. The van der Waals surface area contributed by atoms with Crippen molar-refractivity contribution in [3.8, 4) is 6.07 Å². The summed E-state index contributed by atoms with van der Waals surface area (Å²) in [6.07, 6.45) is 1.75. The molecule has 7 heteroatoms. The second-order valence-electron chi connectivity index (χ2n) is 4.55. The summed E-state index contributed by atoms with van der Waals surface area (Å²) in [6.45, 7) is 0. The number of nitriles is 1. The first kappa shape index (κ1) is 16.4. The lowest BCUT2D eigenvalue weighted by molar-refractivity contribution is -0.150. The molecule has 5 nitrogen and oxygen atoms in total. The van der Waals surface area contributed by atoms with Crippen LogP contribution >= 0.6 is 23.4 Å². The largest absolute Gasteiger partial charge is 0.468 e. The lowest BCUT2D eigenvalue weighted by Gasteiger charge is -2.31. The summed E-state index contributed by atoms with van der Waals surface area (Å²) in [5, 5.41) is 12.9. The average molecular weight is 337 g/mol. The third-order valence-electron chi connectivity index (χ3n) is 3.43. The van der Waals surface area contributed by atoms with Gasteiger partial charge in [-0.1, -0.05) is 29.8 Å². The summed E-state index contributed by atoms with van der Waals surface area (Å²) < 4.78 is 4.73. The van der Waals surface area contributed by atoms with Crippen LogP contribution in [0.1, 0.15) is 11.5 Å². The predicted molar refractivity (Wildman–Crippen MR) is 84.0 cm³/mol. The highest BCUT2D eigenvalue weighted by atomic mass is 35.5. The number of ether oxygens (including phenoxy) is 1. The molecule has 0 bridgehead atoms. The van der Waals surface area contributed by atoms with Crippen LogP contribution in [-0.4, -0.2) is 25.2 Å². The van der Waals surface area contributed by atoms with Crippen LogP contribution in [-0.2, 0) is 14.3 Å². The second-order valence-corrected chi connectivity index (χ2v) is 5.77. The molecule has 0 radical (unpaired) electrons. The highest BCUT2D eigenvalue weighted by Crippen LogP contribution is 2.41. The van der Waals surface area contributed by atoms with Crippen molar-refractivity contribution < 1.29 is 14.3 Å². The van der Waals surface area contributed by atoms with Crippen molar-refractivity contribution in [3.63, 3.8) is 0 Å².